The van der Waals surface area contributed by atoms with E-state index in [4.69, 9.17) is 10.5 Å². The van der Waals surface area contributed by atoms with Crippen LogP contribution in [-0.4, -0.2) is 17.1 Å². The molecule has 0 saturated heterocycles. The maximum absolute atomic E-state index is 5.76. The molecule has 0 aliphatic heterocycles. The number of anilines is 2. The van der Waals surface area contributed by atoms with Crippen molar-refractivity contribution in [2.45, 2.75) is 13.5 Å². The SMILES string of the molecule is COc1ccc(N)cc1CNc1ncc(C)cn1. The summed E-state index contributed by atoms with van der Waals surface area (Å²) in [6.45, 7) is 2.52. The van der Waals surface area contributed by atoms with E-state index in [1.165, 1.54) is 0 Å². The van der Waals surface area contributed by atoms with Crippen LogP contribution in [0.1, 0.15) is 11.1 Å². The summed E-state index contributed by atoms with van der Waals surface area (Å²) >= 11 is 0. The van der Waals surface area contributed by atoms with E-state index < -0.39 is 0 Å². The first-order chi connectivity index (χ1) is 8.69. The van der Waals surface area contributed by atoms with Crippen molar-refractivity contribution in [3.8, 4) is 5.75 Å². The quantitative estimate of drug-likeness (QED) is 0.805. The van der Waals surface area contributed by atoms with Crippen LogP contribution in [0.4, 0.5) is 11.6 Å². The van der Waals surface area contributed by atoms with E-state index in [9.17, 15) is 0 Å². The minimum Gasteiger partial charge on any atom is -0.496 e. The van der Waals surface area contributed by atoms with Crippen molar-refractivity contribution in [2.24, 2.45) is 0 Å². The van der Waals surface area contributed by atoms with E-state index in [0.717, 1.165) is 16.9 Å². The molecule has 0 radical (unpaired) electrons. The average molecular weight is 244 g/mol. The molecule has 2 aromatic rings. The lowest BCUT2D eigenvalue weighted by Gasteiger charge is -2.10. The number of methoxy groups -OCH3 is 1. The molecule has 0 atom stereocenters. The number of aryl methyl sites for hydroxylation is 1. The molecule has 0 fully saturated rings. The van der Waals surface area contributed by atoms with Crippen LogP contribution in [0.15, 0.2) is 30.6 Å². The molecule has 94 valence electrons. The number of aromatic nitrogens is 2. The molecule has 0 amide bonds. The molecule has 0 spiro atoms. The Kier molecular flexibility index (Phi) is 3.62. The highest BCUT2D eigenvalue weighted by molar-refractivity contribution is 5.48. The van der Waals surface area contributed by atoms with E-state index in [2.05, 4.69) is 15.3 Å². The number of nitrogens with zero attached hydrogens (tertiary/aromatic N) is 2. The van der Waals surface area contributed by atoms with Crippen LogP contribution in [0.2, 0.25) is 0 Å². The van der Waals surface area contributed by atoms with E-state index in [1.807, 2.05) is 25.1 Å². The van der Waals surface area contributed by atoms with Crippen LogP contribution in [0.25, 0.3) is 0 Å². The van der Waals surface area contributed by atoms with Gasteiger partial charge in [0.1, 0.15) is 5.75 Å². The highest BCUT2D eigenvalue weighted by Crippen LogP contribution is 2.21. The van der Waals surface area contributed by atoms with E-state index in [1.54, 1.807) is 19.5 Å². The van der Waals surface area contributed by atoms with Crippen molar-refractivity contribution in [1.29, 1.82) is 0 Å². The molecule has 0 aliphatic carbocycles. The van der Waals surface area contributed by atoms with Gasteiger partial charge in [0.15, 0.2) is 0 Å². The summed E-state index contributed by atoms with van der Waals surface area (Å²) in [5.74, 6) is 1.38. The Morgan fingerprint density at radius 2 is 2.00 bits per heavy atom. The molecule has 5 nitrogen and oxygen atoms in total. The molecule has 1 aromatic carbocycles. The van der Waals surface area contributed by atoms with Crippen molar-refractivity contribution in [3.05, 3.63) is 41.7 Å². The molecule has 1 aromatic heterocycles. The molecule has 3 N–H and O–H groups in total. The van der Waals surface area contributed by atoms with E-state index in [0.29, 0.717) is 18.2 Å². The van der Waals surface area contributed by atoms with E-state index in [-0.39, 0.29) is 0 Å². The summed E-state index contributed by atoms with van der Waals surface area (Å²) in [4.78, 5) is 8.35. The van der Waals surface area contributed by atoms with Crippen molar-refractivity contribution < 1.29 is 4.74 Å². The number of rotatable bonds is 4. The van der Waals surface area contributed by atoms with Crippen molar-refractivity contribution in [2.75, 3.05) is 18.2 Å². The maximum atomic E-state index is 5.76. The summed E-state index contributed by atoms with van der Waals surface area (Å²) in [5.41, 5.74) is 8.47. The lowest BCUT2D eigenvalue weighted by atomic mass is 10.2. The van der Waals surface area contributed by atoms with Crippen LogP contribution in [0.5, 0.6) is 5.75 Å². The molecule has 1 heterocycles. The molecule has 0 unspecified atom stereocenters. The second-order valence-corrected chi connectivity index (χ2v) is 4.01. The molecule has 5 heteroatoms. The van der Waals surface area contributed by atoms with Crippen LogP contribution in [-0.2, 0) is 6.54 Å². The van der Waals surface area contributed by atoms with Crippen LogP contribution < -0.4 is 15.8 Å². The first-order valence-electron chi connectivity index (χ1n) is 5.64. The van der Waals surface area contributed by atoms with Gasteiger partial charge in [-0.05, 0) is 30.7 Å². The van der Waals surface area contributed by atoms with Crippen molar-refractivity contribution >= 4 is 11.6 Å². The van der Waals surface area contributed by atoms with Gasteiger partial charge in [-0.15, -0.1) is 0 Å². The second-order valence-electron chi connectivity index (χ2n) is 4.01. The third kappa shape index (κ3) is 2.88. The number of hydrogen-bond acceptors (Lipinski definition) is 5. The first-order valence-corrected chi connectivity index (χ1v) is 5.64. The van der Waals surface area contributed by atoms with Crippen LogP contribution >= 0.6 is 0 Å². The van der Waals surface area contributed by atoms with Gasteiger partial charge in [0.05, 0.1) is 7.11 Å². The van der Waals surface area contributed by atoms with Crippen molar-refractivity contribution in [3.63, 3.8) is 0 Å². The molecule has 18 heavy (non-hydrogen) atoms. The third-order valence-electron chi connectivity index (χ3n) is 2.52. The van der Waals surface area contributed by atoms with Gasteiger partial charge in [-0.1, -0.05) is 0 Å². The fourth-order valence-electron chi connectivity index (χ4n) is 1.59. The van der Waals surface area contributed by atoms with Gasteiger partial charge in [-0.2, -0.15) is 0 Å². The number of hydrogen-bond donors (Lipinski definition) is 2. The van der Waals surface area contributed by atoms with Gasteiger partial charge in [-0.3, -0.25) is 0 Å². The van der Waals surface area contributed by atoms with Gasteiger partial charge in [0.2, 0.25) is 5.95 Å². The zero-order chi connectivity index (χ0) is 13.0. The van der Waals surface area contributed by atoms with Gasteiger partial charge >= 0.3 is 0 Å². The zero-order valence-electron chi connectivity index (χ0n) is 10.5. The topological polar surface area (TPSA) is 73.1 Å². The predicted molar refractivity (Wildman–Crippen MR) is 71.5 cm³/mol. The number of ether oxygens (including phenoxy) is 1. The Morgan fingerprint density at radius 3 is 2.67 bits per heavy atom. The summed E-state index contributed by atoms with van der Waals surface area (Å²) in [6.07, 6.45) is 3.54. The smallest absolute Gasteiger partial charge is 0.222 e. The fourth-order valence-corrected chi connectivity index (χ4v) is 1.59. The van der Waals surface area contributed by atoms with Gasteiger partial charge in [-0.25, -0.2) is 9.97 Å². The molecule has 0 saturated carbocycles. The molecule has 2 rings (SSSR count). The largest absolute Gasteiger partial charge is 0.496 e. The number of nitrogens with two attached hydrogens (primary N) is 1. The first kappa shape index (κ1) is 12.2. The second kappa shape index (κ2) is 5.35. The lowest BCUT2D eigenvalue weighted by molar-refractivity contribution is 0.410. The minimum absolute atomic E-state index is 0.567. The monoisotopic (exact) mass is 244 g/mol. The lowest BCUT2D eigenvalue weighted by Crippen LogP contribution is -2.05. The molecular formula is C13H16N4O. The van der Waals surface area contributed by atoms with Crippen molar-refractivity contribution in [1.82, 2.24) is 9.97 Å². The predicted octanol–water partition coefficient (Wildman–Crippen LogP) is 1.99. The Balaban J connectivity index is 2.09. The maximum Gasteiger partial charge on any atom is 0.222 e. The Bertz CT molecular complexity index is 525. The summed E-state index contributed by atoms with van der Waals surface area (Å²) < 4.78 is 5.27. The number of nitrogen functional groups attached to an aromatic ring is 1. The summed E-state index contributed by atoms with van der Waals surface area (Å²) in [7, 11) is 1.64. The molecular weight excluding hydrogens is 228 g/mol. The Hall–Kier alpha value is -2.30. The third-order valence-corrected chi connectivity index (χ3v) is 2.52. The number of benzene rings is 1. The molecule has 0 aliphatic rings. The summed E-state index contributed by atoms with van der Waals surface area (Å²) in [5, 5.41) is 3.13. The van der Waals surface area contributed by atoms with Crippen LogP contribution in [0.3, 0.4) is 0 Å². The highest BCUT2D eigenvalue weighted by atomic mass is 16.5. The summed E-state index contributed by atoms with van der Waals surface area (Å²) in [6, 6.07) is 5.53. The standard InChI is InChI=1S/C13H16N4O/c1-9-6-15-13(16-7-9)17-8-10-5-11(14)3-4-12(10)18-2/h3-7H,8,14H2,1-2H3,(H,15,16,17). The normalized spacial score (nSPS) is 10.1. The van der Waals surface area contributed by atoms with Gasteiger partial charge in [0, 0.05) is 30.2 Å². The minimum atomic E-state index is 0.567. The van der Waals surface area contributed by atoms with E-state index >= 15 is 0 Å². The van der Waals surface area contributed by atoms with Gasteiger partial charge in [0.25, 0.3) is 0 Å². The highest BCUT2D eigenvalue weighted by Gasteiger charge is 2.04. The molecule has 0 bridgehead atoms. The zero-order valence-corrected chi connectivity index (χ0v) is 10.5. The fraction of sp³-hybridized carbons (Fsp3) is 0.231. The van der Waals surface area contributed by atoms with Crippen LogP contribution in [0, 0.1) is 6.92 Å². The number of nitrogens with one attached hydrogen (secondary N) is 1. The Labute approximate surface area is 106 Å². The Morgan fingerprint density at radius 1 is 1.28 bits per heavy atom. The average Bonchev–Trinajstić information content (AvgIpc) is 2.38. The van der Waals surface area contributed by atoms with Gasteiger partial charge < -0.3 is 15.8 Å².